The number of alkyl halides is 6. The molecule has 0 spiro atoms. The molecule has 7 fully saturated rings. The first-order valence-electron chi connectivity index (χ1n) is 51.5. The van der Waals surface area contributed by atoms with Crippen LogP contribution < -0.4 is 33.2 Å². The van der Waals surface area contributed by atoms with Crippen molar-refractivity contribution >= 4 is 193 Å². The largest absolute Gasteiger partial charge is 0.491 e. The van der Waals surface area contributed by atoms with Gasteiger partial charge in [0, 0.05) is 172 Å². The second-order valence-electron chi connectivity index (χ2n) is 37.9. The molecule has 14 nitrogen and oxygen atoms in total. The van der Waals surface area contributed by atoms with E-state index in [4.69, 9.17) is 23.7 Å². The molecule has 7 aliphatic rings. The first-order valence-corrected chi connectivity index (χ1v) is 62.4. The number of rotatable bonds is 17. The maximum absolute atomic E-state index is 12.4. The summed E-state index contributed by atoms with van der Waals surface area (Å²) in [6.07, 6.45) is 13.8. The zero-order valence-corrected chi connectivity index (χ0v) is 90.8. The maximum Gasteiger partial charge on any atom is 0.491 e. The molecule has 14 aromatic carbocycles. The highest BCUT2D eigenvalue weighted by atomic mass is 32.2. The fraction of sp³-hybridized carbons (Fsp3) is 0.364. The fourth-order valence-electron chi connectivity index (χ4n) is 19.2. The molecule has 0 saturated carbocycles. The third-order valence-electron chi connectivity index (χ3n) is 26.6. The Balaban J connectivity index is 0.000000129. The van der Waals surface area contributed by atoms with E-state index in [1.807, 2.05) is 138 Å². The number of carbonyl (C=O) groups is 7. The Kier molecular flexibility index (Phi) is 40.5. The average molecular weight is 2150 g/mol. The van der Waals surface area contributed by atoms with Gasteiger partial charge in [0.2, 0.25) is 0 Å². The molecule has 148 heavy (non-hydrogen) atoms. The minimum atomic E-state index is -5.00. The van der Waals surface area contributed by atoms with Crippen LogP contribution in [-0.4, -0.2) is 135 Å². The van der Waals surface area contributed by atoms with Gasteiger partial charge in [-0.05, 0) is 243 Å². The predicted octanol–water partition coefficient (Wildman–Crippen LogP) is 29.1. The number of fused-ring (bicyclic) bond motifs is 7. The minimum absolute atomic E-state index is 0.0349. The molecule has 0 aliphatic carbocycles. The van der Waals surface area contributed by atoms with E-state index in [1.165, 1.54) is 250 Å². The second-order valence-corrected chi connectivity index (χ2v) is 53.6. The van der Waals surface area contributed by atoms with E-state index in [1.54, 1.807) is 30.3 Å². The minimum Gasteiger partial charge on any atom is -0.426 e. The normalized spacial score (nSPS) is 16.1. The van der Waals surface area contributed by atoms with Crippen molar-refractivity contribution in [3.05, 3.63) is 255 Å². The summed E-state index contributed by atoms with van der Waals surface area (Å²) in [5, 5.41) is 14.4. The molecular weight excluding hydrogens is 2020 g/mol. The van der Waals surface area contributed by atoms with Gasteiger partial charge in [-0.2, -0.15) is 26.3 Å². The van der Waals surface area contributed by atoms with E-state index in [9.17, 15) is 59.9 Å². The summed E-state index contributed by atoms with van der Waals surface area (Å²) in [5.41, 5.74) is 0. The van der Waals surface area contributed by atoms with Crippen molar-refractivity contribution in [1.29, 1.82) is 0 Å². The van der Waals surface area contributed by atoms with E-state index in [0.29, 0.717) is 100 Å². The van der Waals surface area contributed by atoms with Gasteiger partial charge in [-0.15, -0.1) is 0 Å². The summed E-state index contributed by atoms with van der Waals surface area (Å²) in [6.45, 7) is 12.2. The lowest BCUT2D eigenvalue weighted by atomic mass is 10.1. The van der Waals surface area contributed by atoms with E-state index in [-0.39, 0.29) is 75.0 Å². The van der Waals surface area contributed by atoms with E-state index in [2.05, 4.69) is 119 Å². The summed E-state index contributed by atoms with van der Waals surface area (Å²) in [7, 11) is 2.05. The van der Waals surface area contributed by atoms with Gasteiger partial charge in [0.05, 0.1) is 11.8 Å². The maximum atomic E-state index is 12.4. The van der Waals surface area contributed by atoms with Crippen LogP contribution in [0.2, 0.25) is 0 Å². The van der Waals surface area contributed by atoms with Gasteiger partial charge >= 0.3 is 54.1 Å². The van der Waals surface area contributed by atoms with Crippen LogP contribution in [0.3, 0.4) is 0 Å². The van der Waals surface area contributed by atoms with Gasteiger partial charge in [-0.3, -0.25) is 24.0 Å². The van der Waals surface area contributed by atoms with Crippen LogP contribution in [0.5, 0.6) is 40.2 Å². The van der Waals surface area contributed by atoms with Gasteiger partial charge in [0.25, 0.3) is 0 Å². The van der Waals surface area contributed by atoms with Crippen molar-refractivity contribution in [3.63, 3.8) is 0 Å². The number of esters is 7. The Morgan fingerprint density at radius 2 is 0.378 bits per heavy atom. The third kappa shape index (κ3) is 29.3. The summed E-state index contributed by atoms with van der Waals surface area (Å²) in [4.78, 5) is 89.5. The average Bonchev–Trinajstić information content (AvgIpc) is 1.43. The summed E-state index contributed by atoms with van der Waals surface area (Å²) in [6, 6.07) is 83.0. The van der Waals surface area contributed by atoms with Crippen molar-refractivity contribution in [1.82, 2.24) is 0 Å². The van der Waals surface area contributed by atoms with Crippen LogP contribution in [0, 0.1) is 11.8 Å². The first-order chi connectivity index (χ1) is 71.6. The third-order valence-corrected chi connectivity index (χ3v) is 44.3. The van der Waals surface area contributed by atoms with Crippen LogP contribution in [0.4, 0.5) is 26.3 Å². The zero-order chi connectivity index (χ0) is 104. The molecule has 0 radical (unpaired) electrons. The number of benzene rings is 14. The molecule has 0 aromatic heterocycles. The highest BCUT2D eigenvalue weighted by molar-refractivity contribution is 7.99. The van der Waals surface area contributed by atoms with Crippen molar-refractivity contribution in [2.75, 3.05) is 80.5 Å². The Morgan fingerprint density at radius 3 is 0.541 bits per heavy atom. The molecule has 7 heterocycles. The van der Waals surface area contributed by atoms with Crippen LogP contribution in [0.15, 0.2) is 289 Å². The van der Waals surface area contributed by atoms with Crippen molar-refractivity contribution in [2.24, 2.45) is 11.8 Å². The lowest BCUT2D eigenvalue weighted by Gasteiger charge is -2.16. The summed E-state index contributed by atoms with van der Waals surface area (Å²) < 4.78 is 111. The molecular formula is C121H131F6O14S7+7. The number of hydrogen-bond acceptors (Lipinski definition) is 14. The zero-order valence-electron chi connectivity index (χ0n) is 85.1. The van der Waals surface area contributed by atoms with Crippen molar-refractivity contribution in [2.45, 2.75) is 217 Å². The van der Waals surface area contributed by atoms with Gasteiger partial charge in [0.15, 0.2) is 34.3 Å². The quantitative estimate of drug-likeness (QED) is 0.0363. The Labute approximate surface area is 884 Å². The molecule has 7 aliphatic heterocycles. The number of halogens is 6. The van der Waals surface area contributed by atoms with Crippen molar-refractivity contribution < 1.29 is 93.1 Å². The lowest BCUT2D eigenvalue weighted by Crippen LogP contribution is -2.28. The molecule has 0 N–H and O–H groups in total. The molecule has 7 saturated heterocycles. The predicted molar refractivity (Wildman–Crippen MR) is 601 cm³/mol. The fourth-order valence-corrected chi connectivity index (χ4v) is 36.7. The Bertz CT molecular complexity index is 6970. The van der Waals surface area contributed by atoms with Gasteiger partial charge in [-0.1, -0.05) is 162 Å². The highest BCUT2D eigenvalue weighted by Crippen LogP contribution is 2.44. The smallest absolute Gasteiger partial charge is 0.426 e. The van der Waals surface area contributed by atoms with Gasteiger partial charge in [-0.25, -0.2) is 9.59 Å². The highest BCUT2D eigenvalue weighted by Gasteiger charge is 2.44. The first kappa shape index (κ1) is 111. The summed E-state index contributed by atoms with van der Waals surface area (Å²) in [5.74, 6) is 15.2. The monoisotopic (exact) mass is 2150 g/mol. The molecule has 27 heteroatoms. The van der Waals surface area contributed by atoms with E-state index in [0.717, 1.165) is 70.5 Å². The standard InChI is InChI=1S/C19H23O2S.2C18H21O2S.C17H16F3O2S.C17H19O2S.C16H14F3O2S.C16H17O2S/c1-14(2)19(20)21-17-10-11-18(22-12-6-3-7-13-22)16-9-5-4-8-15(16)17;1-13(2)18(19)20-16-9-10-17(21-11-5-6-12-21)15-8-4-3-7-14(15)16;1-2-18(19)20-16-10-11-17(21-12-6-3-7-13-21)15-9-5-4-8-14(15)16;18-17(19,20)16(21)22-14-8-9-15(23-10-4-1-5-11-23)13-7-3-2-6-12(13)14;1-13(18)19-16-9-10-17(20-11-5-2-6-12-20)15-8-4-3-7-14(15)16;17-16(18,19)15(20)21-13-7-8-14(22-9-3-4-10-22)12-6-2-1-5-11(12)13;1-12(17)18-15-8-9-16(19-10-4-5-11-19)14-7-3-2-6-13(14)15/h4-5,8-11,14H,3,6-7,12-13H2,1-2H3;3-4,7-10,13H,5-6,11-12H2,1-2H3;4-5,8-11H,2-3,6-7,12-13H2,1H3;2-3,6-9H,1,4-5,10-11H2;3-4,7-10H,2,5-6,11-12H2,1H3;1-2,5-8H,3-4,9-10H2;2-3,6-9H,4-5,10-11H2,1H3/q7*+1. The number of carbonyl (C=O) groups excluding carboxylic acids is 7. The Morgan fingerprint density at radius 1 is 0.223 bits per heavy atom. The van der Waals surface area contributed by atoms with Crippen LogP contribution in [0.1, 0.15) is 170 Å². The van der Waals surface area contributed by atoms with Crippen LogP contribution in [0.25, 0.3) is 75.4 Å². The lowest BCUT2D eigenvalue weighted by molar-refractivity contribution is -0.189. The molecule has 0 atom stereocenters. The Hall–Kier alpha value is -10.8. The molecule has 21 rings (SSSR count). The topological polar surface area (TPSA) is 184 Å². The van der Waals surface area contributed by atoms with Crippen LogP contribution in [-0.2, 0) is 110 Å². The number of ether oxygens (including phenoxy) is 7. The van der Waals surface area contributed by atoms with Gasteiger partial charge < -0.3 is 33.2 Å². The molecule has 0 bridgehead atoms. The molecule has 776 valence electrons. The second kappa shape index (κ2) is 53.8. The van der Waals surface area contributed by atoms with Gasteiger partial charge in [0.1, 0.15) is 121 Å². The van der Waals surface area contributed by atoms with E-state index < -0.39 is 24.3 Å². The molecule has 0 unspecified atom stereocenters. The number of hydrogen-bond donors (Lipinski definition) is 0. The van der Waals surface area contributed by atoms with Crippen LogP contribution >= 0.6 is 0 Å². The SMILES string of the molecule is CC(=O)Oc1ccc([S+]2CCCC2)c2ccccc12.CC(=O)Oc1ccc([S+]2CCCCC2)c2ccccc12.CC(C)C(=O)Oc1ccc([S+]2CCCC2)c2ccccc12.CC(C)C(=O)Oc1ccc([S+]2CCCCC2)c2ccccc12.CCC(=O)Oc1ccc([S+]2CCCCC2)c2ccccc12.O=C(Oc1ccc([S+]2CCCC2)c2ccccc12)C(F)(F)F.O=C(Oc1ccc([S+]2CCCCC2)c2ccccc12)C(F)(F)F. The molecule has 0 amide bonds. The van der Waals surface area contributed by atoms with Crippen molar-refractivity contribution in [3.8, 4) is 40.2 Å². The van der Waals surface area contributed by atoms with E-state index >= 15 is 0 Å². The summed E-state index contributed by atoms with van der Waals surface area (Å²) >= 11 is 0. The molecule has 14 aromatic rings.